The molecule has 1 aromatic heterocycles. The Kier molecular flexibility index (Phi) is 4.58. The van der Waals surface area contributed by atoms with Crippen molar-refractivity contribution in [2.45, 2.75) is 25.9 Å². The number of para-hydroxylation sites is 2. The van der Waals surface area contributed by atoms with Gasteiger partial charge in [-0.2, -0.15) is 0 Å². The summed E-state index contributed by atoms with van der Waals surface area (Å²) in [5, 5.41) is 5.65. The van der Waals surface area contributed by atoms with Gasteiger partial charge in [-0.15, -0.1) is 0 Å². The minimum atomic E-state index is -0.359. The molecule has 7 heteroatoms. The highest BCUT2D eigenvalue weighted by molar-refractivity contribution is 5.91. The summed E-state index contributed by atoms with van der Waals surface area (Å²) in [5.41, 5.74) is 2.11. The number of hydrogen-bond acceptors (Lipinski definition) is 3. The predicted molar refractivity (Wildman–Crippen MR) is 99.3 cm³/mol. The molecule has 6 nitrogen and oxygen atoms in total. The fourth-order valence-electron chi connectivity index (χ4n) is 2.97. The summed E-state index contributed by atoms with van der Waals surface area (Å²) in [7, 11) is 0. The topological polar surface area (TPSA) is 76.0 Å². The first-order valence-corrected chi connectivity index (χ1v) is 8.87. The average molecular weight is 366 g/mol. The molecule has 1 aliphatic carbocycles. The molecule has 2 N–H and O–H groups in total. The third-order valence-corrected chi connectivity index (χ3v) is 4.53. The number of rotatable bonds is 6. The van der Waals surface area contributed by atoms with Gasteiger partial charge in [0, 0.05) is 11.6 Å². The quantitative estimate of drug-likeness (QED) is 0.704. The molecule has 1 heterocycles. The van der Waals surface area contributed by atoms with E-state index in [4.69, 9.17) is 0 Å². The Morgan fingerprint density at radius 3 is 2.59 bits per heavy atom. The van der Waals surface area contributed by atoms with E-state index >= 15 is 0 Å². The first kappa shape index (κ1) is 17.2. The lowest BCUT2D eigenvalue weighted by molar-refractivity contribution is -0.122. The highest BCUT2D eigenvalue weighted by Crippen LogP contribution is 2.28. The molecule has 138 valence electrons. The molecule has 2 aromatic carbocycles. The normalized spacial score (nSPS) is 13.5. The van der Waals surface area contributed by atoms with E-state index in [-0.39, 0.29) is 36.6 Å². The van der Waals surface area contributed by atoms with E-state index in [0.717, 1.165) is 23.9 Å². The lowest BCUT2D eigenvalue weighted by atomic mass is 10.3. The highest BCUT2D eigenvalue weighted by Gasteiger charge is 2.29. The van der Waals surface area contributed by atoms with Crippen LogP contribution in [0.4, 0.5) is 10.1 Å². The molecule has 3 aromatic rings. The largest absolute Gasteiger partial charge is 0.349 e. The Balaban J connectivity index is 1.53. The van der Waals surface area contributed by atoms with Gasteiger partial charge in [-0.05, 0) is 49.2 Å². The summed E-state index contributed by atoms with van der Waals surface area (Å²) in [6, 6.07) is 13.1. The van der Waals surface area contributed by atoms with Crippen molar-refractivity contribution in [2.24, 2.45) is 5.92 Å². The zero-order valence-electron chi connectivity index (χ0n) is 14.6. The molecule has 1 saturated carbocycles. The lowest BCUT2D eigenvalue weighted by Gasteiger charge is -2.11. The number of hydrogen-bond donors (Lipinski definition) is 2. The zero-order chi connectivity index (χ0) is 18.8. The van der Waals surface area contributed by atoms with E-state index in [0.29, 0.717) is 11.5 Å². The molecule has 0 atom stereocenters. The molecule has 2 amide bonds. The SMILES string of the molecule is O=C(Cn1c(CNC(=O)C2CC2)nc2ccccc21)Nc1ccc(F)cc1. The van der Waals surface area contributed by atoms with Gasteiger partial charge in [-0.3, -0.25) is 9.59 Å². The summed E-state index contributed by atoms with van der Waals surface area (Å²) in [6.07, 6.45) is 1.87. The molecule has 27 heavy (non-hydrogen) atoms. The van der Waals surface area contributed by atoms with E-state index in [1.165, 1.54) is 24.3 Å². The standard InChI is InChI=1S/C20H19FN4O2/c21-14-7-9-15(10-8-14)23-19(26)12-25-17-4-2-1-3-16(17)24-18(25)11-22-20(27)13-5-6-13/h1-4,7-10,13H,5-6,11-12H2,(H,22,27)(H,23,26). The van der Waals surface area contributed by atoms with Crippen molar-refractivity contribution in [3.8, 4) is 0 Å². The Morgan fingerprint density at radius 2 is 1.85 bits per heavy atom. The third kappa shape index (κ3) is 3.97. The van der Waals surface area contributed by atoms with Crippen molar-refractivity contribution in [1.29, 1.82) is 0 Å². The van der Waals surface area contributed by atoms with Gasteiger partial charge in [-0.1, -0.05) is 12.1 Å². The smallest absolute Gasteiger partial charge is 0.244 e. The van der Waals surface area contributed by atoms with Crippen LogP contribution in [0.5, 0.6) is 0 Å². The van der Waals surface area contributed by atoms with Crippen molar-refractivity contribution in [3.05, 3.63) is 60.2 Å². The molecule has 0 unspecified atom stereocenters. The van der Waals surface area contributed by atoms with E-state index in [1.807, 2.05) is 24.3 Å². The van der Waals surface area contributed by atoms with Crippen LogP contribution in [0.3, 0.4) is 0 Å². The molecule has 0 aliphatic heterocycles. The number of amides is 2. The van der Waals surface area contributed by atoms with Gasteiger partial charge >= 0.3 is 0 Å². The molecule has 4 rings (SSSR count). The minimum absolute atomic E-state index is 0.0318. The van der Waals surface area contributed by atoms with Gasteiger partial charge < -0.3 is 15.2 Å². The van der Waals surface area contributed by atoms with Crippen molar-refractivity contribution < 1.29 is 14.0 Å². The number of carbonyl (C=O) groups is 2. The molecular formula is C20H19FN4O2. The number of benzene rings is 2. The van der Waals surface area contributed by atoms with Crippen LogP contribution in [0.2, 0.25) is 0 Å². The lowest BCUT2D eigenvalue weighted by Crippen LogP contribution is -2.27. The number of nitrogens with zero attached hydrogens (tertiary/aromatic N) is 2. The van der Waals surface area contributed by atoms with E-state index in [1.54, 1.807) is 4.57 Å². The van der Waals surface area contributed by atoms with Gasteiger partial charge in [0.1, 0.15) is 18.2 Å². The van der Waals surface area contributed by atoms with Crippen molar-refractivity contribution >= 4 is 28.5 Å². The molecular weight excluding hydrogens is 347 g/mol. The number of imidazole rings is 1. The summed E-state index contributed by atoms with van der Waals surface area (Å²) in [4.78, 5) is 29.0. The van der Waals surface area contributed by atoms with Crippen LogP contribution in [0.15, 0.2) is 48.5 Å². The fraction of sp³-hybridized carbons (Fsp3) is 0.250. The van der Waals surface area contributed by atoms with E-state index < -0.39 is 0 Å². The van der Waals surface area contributed by atoms with E-state index in [9.17, 15) is 14.0 Å². The first-order chi connectivity index (χ1) is 13.1. The summed E-state index contributed by atoms with van der Waals surface area (Å²) in [6.45, 7) is 0.320. The summed E-state index contributed by atoms with van der Waals surface area (Å²) < 4.78 is 14.8. The summed E-state index contributed by atoms with van der Waals surface area (Å²) >= 11 is 0. The third-order valence-electron chi connectivity index (χ3n) is 4.53. The van der Waals surface area contributed by atoms with Crippen LogP contribution in [-0.4, -0.2) is 21.4 Å². The van der Waals surface area contributed by atoms with Crippen molar-refractivity contribution in [3.63, 3.8) is 0 Å². The van der Waals surface area contributed by atoms with Gasteiger partial charge in [0.15, 0.2) is 0 Å². The molecule has 0 radical (unpaired) electrons. The molecule has 1 fully saturated rings. The first-order valence-electron chi connectivity index (χ1n) is 8.87. The van der Waals surface area contributed by atoms with Gasteiger partial charge in [0.2, 0.25) is 11.8 Å². The van der Waals surface area contributed by atoms with Crippen LogP contribution in [0.1, 0.15) is 18.7 Å². The maximum absolute atomic E-state index is 13.0. The van der Waals surface area contributed by atoms with E-state index in [2.05, 4.69) is 15.6 Å². The maximum atomic E-state index is 13.0. The van der Waals surface area contributed by atoms with Crippen LogP contribution < -0.4 is 10.6 Å². The Hall–Kier alpha value is -3.22. The minimum Gasteiger partial charge on any atom is -0.349 e. The number of nitrogens with one attached hydrogen (secondary N) is 2. The monoisotopic (exact) mass is 366 g/mol. The Labute approximate surface area is 155 Å². The Bertz CT molecular complexity index is 993. The second kappa shape index (κ2) is 7.19. The van der Waals surface area contributed by atoms with Gasteiger partial charge in [0.05, 0.1) is 17.6 Å². The molecule has 0 saturated heterocycles. The molecule has 0 bridgehead atoms. The van der Waals surface area contributed by atoms with Crippen molar-refractivity contribution in [1.82, 2.24) is 14.9 Å². The molecule has 0 spiro atoms. The summed E-state index contributed by atoms with van der Waals surface area (Å²) in [5.74, 6) is 0.162. The second-order valence-electron chi connectivity index (χ2n) is 6.65. The van der Waals surface area contributed by atoms with Gasteiger partial charge in [-0.25, -0.2) is 9.37 Å². The van der Waals surface area contributed by atoms with Crippen LogP contribution >= 0.6 is 0 Å². The Morgan fingerprint density at radius 1 is 1.11 bits per heavy atom. The number of halogens is 1. The number of carbonyl (C=O) groups excluding carboxylic acids is 2. The average Bonchev–Trinajstić information content (AvgIpc) is 3.46. The fourth-order valence-corrected chi connectivity index (χ4v) is 2.97. The maximum Gasteiger partial charge on any atom is 0.244 e. The predicted octanol–water partition coefficient (Wildman–Crippen LogP) is 2.84. The number of anilines is 1. The second-order valence-corrected chi connectivity index (χ2v) is 6.65. The van der Waals surface area contributed by atoms with Gasteiger partial charge in [0.25, 0.3) is 0 Å². The van der Waals surface area contributed by atoms with Crippen LogP contribution in [0.25, 0.3) is 11.0 Å². The highest BCUT2D eigenvalue weighted by atomic mass is 19.1. The zero-order valence-corrected chi connectivity index (χ0v) is 14.6. The number of fused-ring (bicyclic) bond motifs is 1. The van der Waals surface area contributed by atoms with Crippen molar-refractivity contribution in [2.75, 3.05) is 5.32 Å². The molecule has 1 aliphatic rings. The number of aromatic nitrogens is 2. The van der Waals surface area contributed by atoms with Crippen LogP contribution in [-0.2, 0) is 22.7 Å². The van der Waals surface area contributed by atoms with Crippen LogP contribution in [0, 0.1) is 11.7 Å².